The van der Waals surface area contributed by atoms with Gasteiger partial charge >= 0.3 is 5.97 Å². The number of amides is 2. The standard InChI is InChI=1S/C24H22Cl2N2O4/c25-16-3-1-2-14(8-16)19-9-15(10-21(29)30)22(31)28(12-13-4-5-13)24(19)18-7-6-17(26)11-20(18)27-23(24)32/h1-3,6-8,11,13,15,19H,4-5,9-10,12H2,(H,27,32)(H,29,30)/t15-,19-,24?/m1/s1. The summed E-state index contributed by atoms with van der Waals surface area (Å²) in [6, 6.07) is 12.5. The number of rotatable bonds is 5. The fourth-order valence-electron chi connectivity index (χ4n) is 5.32. The van der Waals surface area contributed by atoms with Gasteiger partial charge in [0.15, 0.2) is 5.54 Å². The van der Waals surface area contributed by atoms with Crippen molar-refractivity contribution in [2.75, 3.05) is 11.9 Å². The van der Waals surface area contributed by atoms with Crippen molar-refractivity contribution in [2.24, 2.45) is 11.8 Å². The van der Waals surface area contributed by atoms with Crippen LogP contribution in [0.2, 0.25) is 10.0 Å². The smallest absolute Gasteiger partial charge is 0.304 e. The van der Waals surface area contributed by atoms with E-state index in [1.165, 1.54) is 0 Å². The highest BCUT2D eigenvalue weighted by atomic mass is 35.5. The molecule has 2 N–H and O–H groups in total. The number of carboxylic acid groups (broad SMARTS) is 1. The van der Waals surface area contributed by atoms with Crippen LogP contribution < -0.4 is 5.32 Å². The molecule has 3 atom stereocenters. The van der Waals surface area contributed by atoms with Crippen LogP contribution in [0.4, 0.5) is 5.69 Å². The van der Waals surface area contributed by atoms with Crippen LogP contribution in [0, 0.1) is 11.8 Å². The second kappa shape index (κ2) is 7.78. The van der Waals surface area contributed by atoms with Crippen molar-refractivity contribution < 1.29 is 19.5 Å². The lowest BCUT2D eigenvalue weighted by molar-refractivity contribution is -0.160. The third-order valence-corrected chi connectivity index (χ3v) is 7.33. The highest BCUT2D eigenvalue weighted by Crippen LogP contribution is 2.56. The summed E-state index contributed by atoms with van der Waals surface area (Å²) in [5.74, 6) is -2.46. The van der Waals surface area contributed by atoms with Gasteiger partial charge in [0.05, 0.1) is 6.42 Å². The number of anilines is 1. The Bertz CT molecular complexity index is 1130. The SMILES string of the molecule is O=C(O)C[C@H]1C[C@H](c2cccc(Cl)c2)C2(C(=O)Nc3cc(Cl)ccc32)N(CC2CC2)C1=O. The van der Waals surface area contributed by atoms with Gasteiger partial charge in [-0.2, -0.15) is 0 Å². The zero-order valence-corrected chi connectivity index (χ0v) is 18.7. The Kier molecular flexibility index (Phi) is 5.18. The molecule has 2 aromatic carbocycles. The number of hydrogen-bond donors (Lipinski definition) is 2. The van der Waals surface area contributed by atoms with Gasteiger partial charge in [0.1, 0.15) is 0 Å². The average molecular weight is 473 g/mol. The number of nitrogens with zero attached hydrogens (tertiary/aromatic N) is 1. The van der Waals surface area contributed by atoms with E-state index in [1.54, 1.807) is 35.2 Å². The Morgan fingerprint density at radius 2 is 1.88 bits per heavy atom. The van der Waals surface area contributed by atoms with Crippen molar-refractivity contribution >= 4 is 46.7 Å². The van der Waals surface area contributed by atoms with Crippen molar-refractivity contribution in [2.45, 2.75) is 37.1 Å². The van der Waals surface area contributed by atoms with E-state index in [2.05, 4.69) is 5.32 Å². The predicted molar refractivity (Wildman–Crippen MR) is 121 cm³/mol. The maximum absolute atomic E-state index is 13.8. The zero-order valence-electron chi connectivity index (χ0n) is 17.2. The van der Waals surface area contributed by atoms with E-state index in [0.717, 1.165) is 18.4 Å². The minimum absolute atomic E-state index is 0.238. The van der Waals surface area contributed by atoms with Gasteiger partial charge in [-0.05, 0) is 55.0 Å². The molecular formula is C24H22Cl2N2O4. The number of piperidine rings is 1. The number of fused-ring (bicyclic) bond motifs is 2. The molecule has 32 heavy (non-hydrogen) atoms. The monoisotopic (exact) mass is 472 g/mol. The number of carboxylic acids is 1. The summed E-state index contributed by atoms with van der Waals surface area (Å²) in [5, 5.41) is 13.4. The number of hydrogen-bond acceptors (Lipinski definition) is 3. The van der Waals surface area contributed by atoms with Gasteiger partial charge in [-0.25, -0.2) is 0 Å². The van der Waals surface area contributed by atoms with Crippen molar-refractivity contribution in [1.29, 1.82) is 0 Å². The van der Waals surface area contributed by atoms with Gasteiger partial charge in [-0.3, -0.25) is 14.4 Å². The number of aliphatic carboxylic acids is 1. The maximum atomic E-state index is 13.8. The molecule has 2 fully saturated rings. The van der Waals surface area contributed by atoms with Crippen molar-refractivity contribution in [1.82, 2.24) is 4.90 Å². The Labute approximate surface area is 195 Å². The Morgan fingerprint density at radius 3 is 2.56 bits per heavy atom. The topological polar surface area (TPSA) is 86.7 Å². The minimum Gasteiger partial charge on any atom is -0.481 e. The first-order valence-electron chi connectivity index (χ1n) is 10.7. The summed E-state index contributed by atoms with van der Waals surface area (Å²) in [6.45, 7) is 0.418. The van der Waals surface area contributed by atoms with E-state index in [-0.39, 0.29) is 24.7 Å². The van der Waals surface area contributed by atoms with Crippen molar-refractivity contribution in [3.63, 3.8) is 0 Å². The first-order valence-corrected chi connectivity index (χ1v) is 11.5. The molecule has 2 amide bonds. The highest BCUT2D eigenvalue weighted by Gasteiger charge is 2.62. The molecule has 1 unspecified atom stereocenters. The van der Waals surface area contributed by atoms with E-state index < -0.39 is 23.3 Å². The molecule has 2 heterocycles. The highest BCUT2D eigenvalue weighted by molar-refractivity contribution is 6.31. The number of halogens is 2. The number of nitrogens with one attached hydrogen (secondary N) is 1. The fourth-order valence-corrected chi connectivity index (χ4v) is 5.69. The van der Waals surface area contributed by atoms with Crippen molar-refractivity contribution in [3.05, 3.63) is 63.6 Å². The molecule has 5 rings (SSSR count). The minimum atomic E-state index is -1.28. The van der Waals surface area contributed by atoms with Crippen LogP contribution in [0.25, 0.3) is 0 Å². The molecule has 1 spiro atoms. The number of carbonyl (C=O) groups is 3. The second-order valence-electron chi connectivity index (χ2n) is 8.94. The molecule has 0 bridgehead atoms. The largest absolute Gasteiger partial charge is 0.481 e. The number of carbonyl (C=O) groups excluding carboxylic acids is 2. The fraction of sp³-hybridized carbons (Fsp3) is 0.375. The van der Waals surface area contributed by atoms with Gasteiger partial charge in [-0.1, -0.05) is 41.4 Å². The summed E-state index contributed by atoms with van der Waals surface area (Å²) in [5.41, 5.74) is 0.804. The third kappa shape index (κ3) is 3.37. The van der Waals surface area contributed by atoms with Crippen LogP contribution >= 0.6 is 23.2 Å². The Morgan fingerprint density at radius 1 is 1.12 bits per heavy atom. The van der Waals surface area contributed by atoms with E-state index in [9.17, 15) is 19.5 Å². The molecule has 2 aromatic rings. The quantitative estimate of drug-likeness (QED) is 0.662. The Balaban J connectivity index is 1.74. The van der Waals surface area contributed by atoms with Crippen LogP contribution in [0.5, 0.6) is 0 Å². The molecule has 1 saturated carbocycles. The molecular weight excluding hydrogens is 451 g/mol. The lowest BCUT2D eigenvalue weighted by Crippen LogP contribution is -2.62. The molecule has 0 aromatic heterocycles. The van der Waals surface area contributed by atoms with Crippen LogP contribution in [-0.4, -0.2) is 34.3 Å². The van der Waals surface area contributed by atoms with E-state index in [0.29, 0.717) is 33.8 Å². The molecule has 166 valence electrons. The lowest BCUT2D eigenvalue weighted by Gasteiger charge is -2.51. The Hall–Kier alpha value is -2.57. The molecule has 8 heteroatoms. The van der Waals surface area contributed by atoms with Gasteiger partial charge in [0.2, 0.25) is 5.91 Å². The summed E-state index contributed by atoms with van der Waals surface area (Å²) in [7, 11) is 0. The molecule has 1 aliphatic carbocycles. The van der Waals surface area contributed by atoms with Crippen LogP contribution in [0.15, 0.2) is 42.5 Å². The first-order chi connectivity index (χ1) is 15.3. The van der Waals surface area contributed by atoms with Gasteiger partial charge < -0.3 is 15.3 Å². The van der Waals surface area contributed by atoms with Gasteiger partial charge in [0, 0.05) is 39.7 Å². The van der Waals surface area contributed by atoms with Crippen LogP contribution in [0.3, 0.4) is 0 Å². The average Bonchev–Trinajstić information content (AvgIpc) is 3.51. The molecule has 3 aliphatic rings. The summed E-state index contributed by atoms with van der Waals surface area (Å²) in [6.07, 6.45) is 1.94. The predicted octanol–water partition coefficient (Wildman–Crippen LogP) is 4.66. The summed E-state index contributed by atoms with van der Waals surface area (Å²) in [4.78, 5) is 40.7. The summed E-state index contributed by atoms with van der Waals surface area (Å²) >= 11 is 12.5. The molecule has 6 nitrogen and oxygen atoms in total. The maximum Gasteiger partial charge on any atom is 0.304 e. The van der Waals surface area contributed by atoms with E-state index >= 15 is 0 Å². The normalized spacial score (nSPS) is 26.9. The van der Waals surface area contributed by atoms with Gasteiger partial charge in [0.25, 0.3) is 5.91 Å². The number of benzene rings is 2. The summed E-state index contributed by atoms with van der Waals surface area (Å²) < 4.78 is 0. The van der Waals surface area contributed by atoms with E-state index in [4.69, 9.17) is 23.2 Å². The van der Waals surface area contributed by atoms with Crippen molar-refractivity contribution in [3.8, 4) is 0 Å². The first kappa shape index (κ1) is 21.3. The number of likely N-dealkylation sites (tertiary alicyclic amines) is 1. The third-order valence-electron chi connectivity index (χ3n) is 6.86. The van der Waals surface area contributed by atoms with Crippen LogP contribution in [0.1, 0.15) is 42.7 Å². The zero-order chi connectivity index (χ0) is 22.6. The molecule has 1 saturated heterocycles. The van der Waals surface area contributed by atoms with Crippen LogP contribution in [-0.2, 0) is 19.9 Å². The van der Waals surface area contributed by atoms with E-state index in [1.807, 2.05) is 12.1 Å². The lowest BCUT2D eigenvalue weighted by atomic mass is 9.66. The second-order valence-corrected chi connectivity index (χ2v) is 9.81. The van der Waals surface area contributed by atoms with Gasteiger partial charge in [-0.15, -0.1) is 0 Å². The molecule has 2 aliphatic heterocycles. The molecule has 0 radical (unpaired) electrons.